The van der Waals surface area contributed by atoms with Crippen molar-refractivity contribution in [2.45, 2.75) is 51.2 Å². The SMILES string of the molecule is CC(C)(C)OC(=O)N1Cc2ccccc2C2(CCN(c3ccc(C(=O)Nc4ccccc4N)cn3)CC2)C1. The van der Waals surface area contributed by atoms with E-state index in [9.17, 15) is 9.59 Å². The molecule has 8 heteroatoms. The second-order valence-electron chi connectivity index (χ2n) is 11.2. The minimum atomic E-state index is -0.535. The molecule has 3 N–H and O–H groups in total. The van der Waals surface area contributed by atoms with Crippen molar-refractivity contribution >= 4 is 29.2 Å². The van der Waals surface area contributed by atoms with Gasteiger partial charge in [-0.1, -0.05) is 36.4 Å². The number of rotatable bonds is 3. The van der Waals surface area contributed by atoms with Gasteiger partial charge < -0.3 is 25.6 Å². The highest BCUT2D eigenvalue weighted by Crippen LogP contribution is 2.42. The van der Waals surface area contributed by atoms with Gasteiger partial charge in [-0.05, 0) is 69.0 Å². The third-order valence-electron chi connectivity index (χ3n) is 7.36. The number of pyridine rings is 1. The molecule has 0 radical (unpaired) electrons. The average molecular weight is 514 g/mol. The Hall–Kier alpha value is -4.07. The second-order valence-corrected chi connectivity index (χ2v) is 11.2. The summed E-state index contributed by atoms with van der Waals surface area (Å²) in [5.74, 6) is 0.587. The van der Waals surface area contributed by atoms with Gasteiger partial charge in [-0.15, -0.1) is 0 Å². The molecule has 3 aromatic rings. The van der Waals surface area contributed by atoms with E-state index in [-0.39, 0.29) is 17.4 Å². The minimum absolute atomic E-state index is 0.127. The number of nitrogen functional groups attached to an aromatic ring is 1. The Kier molecular flexibility index (Phi) is 6.73. The molecule has 198 valence electrons. The molecule has 0 bridgehead atoms. The van der Waals surface area contributed by atoms with Crippen molar-refractivity contribution in [3.8, 4) is 0 Å². The molecule has 0 atom stereocenters. The number of fused-ring (bicyclic) bond motifs is 2. The lowest BCUT2D eigenvalue weighted by molar-refractivity contribution is 0.0142. The van der Waals surface area contributed by atoms with E-state index in [2.05, 4.69) is 33.4 Å². The number of hydrogen-bond acceptors (Lipinski definition) is 6. The van der Waals surface area contributed by atoms with Crippen LogP contribution in [0.1, 0.15) is 55.1 Å². The van der Waals surface area contributed by atoms with Crippen LogP contribution in [0.5, 0.6) is 0 Å². The quantitative estimate of drug-likeness (QED) is 0.467. The Morgan fingerprint density at radius 2 is 1.71 bits per heavy atom. The van der Waals surface area contributed by atoms with Crippen molar-refractivity contribution in [1.82, 2.24) is 9.88 Å². The molecule has 1 saturated heterocycles. The maximum atomic E-state index is 13.0. The summed E-state index contributed by atoms with van der Waals surface area (Å²) < 4.78 is 5.72. The van der Waals surface area contributed by atoms with E-state index in [1.165, 1.54) is 11.1 Å². The van der Waals surface area contributed by atoms with Gasteiger partial charge in [-0.25, -0.2) is 9.78 Å². The molecule has 1 spiro atoms. The number of carbonyl (C=O) groups excluding carboxylic acids is 2. The first-order valence-electron chi connectivity index (χ1n) is 13.1. The van der Waals surface area contributed by atoms with Crippen LogP contribution < -0.4 is 16.0 Å². The second kappa shape index (κ2) is 10.0. The first-order valence-corrected chi connectivity index (χ1v) is 13.1. The Morgan fingerprint density at radius 1 is 1.00 bits per heavy atom. The van der Waals surface area contributed by atoms with E-state index >= 15 is 0 Å². The summed E-state index contributed by atoms with van der Waals surface area (Å²) in [6.07, 6.45) is 3.12. The first-order chi connectivity index (χ1) is 18.1. The van der Waals surface area contributed by atoms with Crippen molar-refractivity contribution in [1.29, 1.82) is 0 Å². The molecule has 0 aliphatic carbocycles. The third-order valence-corrected chi connectivity index (χ3v) is 7.36. The van der Waals surface area contributed by atoms with Gasteiger partial charge in [0.15, 0.2) is 0 Å². The molecule has 1 aromatic heterocycles. The van der Waals surface area contributed by atoms with Crippen LogP contribution in [0, 0.1) is 0 Å². The molecular weight excluding hydrogens is 478 g/mol. The maximum Gasteiger partial charge on any atom is 0.410 e. The van der Waals surface area contributed by atoms with Gasteiger partial charge >= 0.3 is 6.09 Å². The Bertz CT molecular complexity index is 1320. The summed E-state index contributed by atoms with van der Waals surface area (Å²) in [7, 11) is 0. The lowest BCUT2D eigenvalue weighted by Gasteiger charge is -2.48. The molecule has 3 heterocycles. The Balaban J connectivity index is 1.28. The number of amides is 2. The fraction of sp³-hybridized carbons (Fsp3) is 0.367. The van der Waals surface area contributed by atoms with Crippen molar-refractivity contribution in [3.63, 3.8) is 0 Å². The zero-order valence-corrected chi connectivity index (χ0v) is 22.2. The molecule has 5 rings (SSSR count). The normalized spacial score (nSPS) is 16.6. The van der Waals surface area contributed by atoms with E-state index in [1.807, 2.05) is 49.9 Å². The molecule has 2 amide bonds. The molecule has 38 heavy (non-hydrogen) atoms. The zero-order chi connectivity index (χ0) is 26.9. The van der Waals surface area contributed by atoms with Crippen LogP contribution >= 0.6 is 0 Å². The van der Waals surface area contributed by atoms with Gasteiger partial charge in [0.1, 0.15) is 11.4 Å². The summed E-state index contributed by atoms with van der Waals surface area (Å²) in [6, 6.07) is 19.3. The summed E-state index contributed by atoms with van der Waals surface area (Å²) in [4.78, 5) is 34.4. The highest BCUT2D eigenvalue weighted by atomic mass is 16.6. The molecule has 2 aliphatic rings. The number of carbonyl (C=O) groups is 2. The number of piperidine rings is 1. The number of para-hydroxylation sites is 2. The lowest BCUT2D eigenvalue weighted by atomic mass is 9.69. The minimum Gasteiger partial charge on any atom is -0.444 e. The highest BCUT2D eigenvalue weighted by molar-refractivity contribution is 6.05. The van der Waals surface area contributed by atoms with Gasteiger partial charge in [0, 0.05) is 37.8 Å². The van der Waals surface area contributed by atoms with Gasteiger partial charge in [-0.2, -0.15) is 0 Å². The molecular formula is C30H35N5O3. The van der Waals surface area contributed by atoms with Crippen molar-refractivity contribution in [3.05, 3.63) is 83.6 Å². The number of nitrogens with zero attached hydrogens (tertiary/aromatic N) is 3. The Labute approximate surface area is 223 Å². The molecule has 1 fully saturated rings. The summed E-state index contributed by atoms with van der Waals surface area (Å²) in [6.45, 7) is 8.51. The predicted octanol–water partition coefficient (Wildman–Crippen LogP) is 5.21. The van der Waals surface area contributed by atoms with E-state index in [1.54, 1.807) is 24.4 Å². The van der Waals surface area contributed by atoms with Crippen LogP contribution in [0.4, 0.5) is 22.0 Å². The van der Waals surface area contributed by atoms with Crippen LogP contribution in [0.3, 0.4) is 0 Å². The standard InChI is InChI=1S/C30H35N5O3/c1-29(2,3)38-28(37)35-19-22-8-4-5-9-23(22)30(20-35)14-16-34(17-15-30)26-13-12-21(18-32-26)27(36)33-25-11-7-6-10-24(25)31/h4-13,18H,14-17,19-20,31H2,1-3H3,(H,33,36). The lowest BCUT2D eigenvalue weighted by Crippen LogP contribution is -2.54. The van der Waals surface area contributed by atoms with E-state index < -0.39 is 5.60 Å². The summed E-state index contributed by atoms with van der Waals surface area (Å²) in [5, 5.41) is 2.84. The predicted molar refractivity (Wildman–Crippen MR) is 149 cm³/mol. The number of nitrogens with two attached hydrogens (primary N) is 1. The van der Waals surface area contributed by atoms with Crippen LogP contribution in [0.2, 0.25) is 0 Å². The van der Waals surface area contributed by atoms with Crippen LogP contribution in [-0.4, -0.2) is 47.1 Å². The first kappa shape index (κ1) is 25.6. The number of nitrogens with one attached hydrogen (secondary N) is 1. The van der Waals surface area contributed by atoms with Crippen molar-refractivity contribution in [2.24, 2.45) is 0 Å². The summed E-state index contributed by atoms with van der Waals surface area (Å²) in [5.41, 5.74) is 9.37. The topological polar surface area (TPSA) is 101 Å². The number of aromatic nitrogens is 1. The van der Waals surface area contributed by atoms with Crippen LogP contribution in [-0.2, 0) is 16.7 Å². The fourth-order valence-corrected chi connectivity index (χ4v) is 5.45. The molecule has 8 nitrogen and oxygen atoms in total. The summed E-state index contributed by atoms with van der Waals surface area (Å²) >= 11 is 0. The highest BCUT2D eigenvalue weighted by Gasteiger charge is 2.44. The number of hydrogen-bond donors (Lipinski definition) is 2. The molecule has 2 aromatic carbocycles. The van der Waals surface area contributed by atoms with Gasteiger partial charge in [0.25, 0.3) is 5.91 Å². The number of ether oxygens (including phenoxy) is 1. The molecule has 2 aliphatic heterocycles. The molecule has 0 saturated carbocycles. The van der Waals surface area contributed by atoms with Crippen LogP contribution in [0.25, 0.3) is 0 Å². The van der Waals surface area contributed by atoms with Gasteiger partial charge in [0.05, 0.1) is 16.9 Å². The fourth-order valence-electron chi connectivity index (χ4n) is 5.45. The Morgan fingerprint density at radius 3 is 2.39 bits per heavy atom. The van der Waals surface area contributed by atoms with E-state index in [0.717, 1.165) is 31.7 Å². The third kappa shape index (κ3) is 5.30. The largest absolute Gasteiger partial charge is 0.444 e. The van der Waals surface area contributed by atoms with Crippen molar-refractivity contribution < 1.29 is 14.3 Å². The van der Waals surface area contributed by atoms with E-state index in [0.29, 0.717) is 30.0 Å². The number of anilines is 3. The maximum absolute atomic E-state index is 13.0. The van der Waals surface area contributed by atoms with Gasteiger partial charge in [0.2, 0.25) is 0 Å². The molecule has 0 unspecified atom stereocenters. The zero-order valence-electron chi connectivity index (χ0n) is 22.2. The van der Waals surface area contributed by atoms with Gasteiger partial charge in [-0.3, -0.25) is 4.79 Å². The average Bonchev–Trinajstić information content (AvgIpc) is 2.89. The smallest absolute Gasteiger partial charge is 0.410 e. The monoisotopic (exact) mass is 513 g/mol. The number of benzene rings is 2. The van der Waals surface area contributed by atoms with Crippen molar-refractivity contribution in [2.75, 3.05) is 35.6 Å². The van der Waals surface area contributed by atoms with Crippen LogP contribution in [0.15, 0.2) is 66.9 Å². The van der Waals surface area contributed by atoms with E-state index in [4.69, 9.17) is 10.5 Å².